The van der Waals surface area contributed by atoms with E-state index in [4.69, 9.17) is 4.74 Å². The molecule has 1 rings (SSSR count). The van der Waals surface area contributed by atoms with Gasteiger partial charge in [0.05, 0.1) is 6.54 Å². The van der Waals surface area contributed by atoms with Crippen molar-refractivity contribution in [2.45, 2.75) is 45.3 Å². The van der Waals surface area contributed by atoms with Crippen LogP contribution in [0.15, 0.2) is 0 Å². The quantitative estimate of drug-likeness (QED) is 0.831. The summed E-state index contributed by atoms with van der Waals surface area (Å²) in [5, 5.41) is 2.36. The van der Waals surface area contributed by atoms with Gasteiger partial charge in [-0.05, 0) is 20.8 Å². The summed E-state index contributed by atoms with van der Waals surface area (Å²) < 4.78 is 32.2. The van der Waals surface area contributed by atoms with Crippen LogP contribution in [0.25, 0.3) is 0 Å². The van der Waals surface area contributed by atoms with Crippen molar-refractivity contribution >= 4 is 6.09 Å². The molecule has 0 aromatic rings. The fraction of sp³-hybridized carbons (Fsp3) is 0.909. The van der Waals surface area contributed by atoms with E-state index >= 15 is 0 Å². The molecule has 1 fully saturated rings. The van der Waals surface area contributed by atoms with Crippen molar-refractivity contribution in [2.24, 2.45) is 0 Å². The van der Waals surface area contributed by atoms with E-state index in [1.54, 1.807) is 11.8 Å². The third kappa shape index (κ3) is 3.80. The zero-order valence-corrected chi connectivity index (χ0v) is 10.5. The van der Waals surface area contributed by atoms with Gasteiger partial charge in [-0.1, -0.05) is 0 Å². The number of amides is 1. The van der Waals surface area contributed by atoms with Crippen LogP contribution >= 0.6 is 0 Å². The van der Waals surface area contributed by atoms with Gasteiger partial charge < -0.3 is 10.1 Å². The normalized spacial score (nSPS) is 24.7. The molecule has 0 spiro atoms. The molecule has 4 nitrogen and oxygen atoms in total. The SMILES string of the molecule is CCNC(=O)OC1CCN(C(C)C)CC1(F)F. The van der Waals surface area contributed by atoms with E-state index in [1.165, 1.54) is 0 Å². The van der Waals surface area contributed by atoms with E-state index in [0.717, 1.165) is 0 Å². The number of hydrogen-bond donors (Lipinski definition) is 1. The molecule has 1 unspecified atom stereocenters. The first kappa shape index (κ1) is 14.2. The van der Waals surface area contributed by atoms with Gasteiger partial charge in [-0.2, -0.15) is 0 Å². The van der Waals surface area contributed by atoms with Crippen molar-refractivity contribution in [3.8, 4) is 0 Å². The van der Waals surface area contributed by atoms with Crippen LogP contribution in [0.4, 0.5) is 13.6 Å². The van der Waals surface area contributed by atoms with Crippen LogP contribution in [0.5, 0.6) is 0 Å². The monoisotopic (exact) mass is 250 g/mol. The molecular weight excluding hydrogens is 230 g/mol. The molecule has 1 atom stereocenters. The maximum Gasteiger partial charge on any atom is 0.407 e. The second kappa shape index (κ2) is 5.62. The van der Waals surface area contributed by atoms with Crippen LogP contribution < -0.4 is 5.32 Å². The van der Waals surface area contributed by atoms with Crippen LogP contribution in [-0.2, 0) is 4.74 Å². The number of rotatable bonds is 3. The predicted molar refractivity (Wildman–Crippen MR) is 60.2 cm³/mol. The van der Waals surface area contributed by atoms with Gasteiger partial charge in [0.15, 0.2) is 6.10 Å². The Kier molecular flexibility index (Phi) is 4.68. The molecule has 0 radical (unpaired) electrons. The smallest absolute Gasteiger partial charge is 0.407 e. The number of alkyl carbamates (subject to hydrolysis) is 1. The highest BCUT2D eigenvalue weighted by Gasteiger charge is 2.47. The number of carbonyl (C=O) groups excluding carboxylic acids is 1. The fourth-order valence-corrected chi connectivity index (χ4v) is 1.85. The number of piperidine rings is 1. The highest BCUT2D eigenvalue weighted by molar-refractivity contribution is 5.67. The van der Waals surface area contributed by atoms with Crippen LogP contribution in [0, 0.1) is 0 Å². The van der Waals surface area contributed by atoms with E-state index in [1.807, 2.05) is 13.8 Å². The number of likely N-dealkylation sites (tertiary alicyclic amines) is 1. The molecule has 0 bridgehead atoms. The first-order chi connectivity index (χ1) is 7.86. The molecule has 0 aromatic heterocycles. The average Bonchev–Trinajstić information content (AvgIpc) is 2.20. The Balaban J connectivity index is 2.55. The topological polar surface area (TPSA) is 41.6 Å². The Labute approximate surface area is 100 Å². The minimum absolute atomic E-state index is 0.0753. The lowest BCUT2D eigenvalue weighted by molar-refractivity contribution is -0.155. The molecule has 1 amide bonds. The van der Waals surface area contributed by atoms with E-state index in [0.29, 0.717) is 13.1 Å². The maximum atomic E-state index is 13.7. The summed E-state index contributed by atoms with van der Waals surface area (Å²) in [7, 11) is 0. The Hall–Kier alpha value is -0.910. The minimum atomic E-state index is -2.98. The van der Waals surface area contributed by atoms with Crippen molar-refractivity contribution in [3.63, 3.8) is 0 Å². The summed E-state index contributed by atoms with van der Waals surface area (Å²) in [5.74, 6) is -2.98. The van der Waals surface area contributed by atoms with Gasteiger partial charge in [-0.3, -0.25) is 4.90 Å². The number of nitrogens with one attached hydrogen (secondary N) is 1. The molecule has 0 aliphatic carbocycles. The lowest BCUT2D eigenvalue weighted by atomic mass is 10.0. The van der Waals surface area contributed by atoms with Crippen LogP contribution in [0.2, 0.25) is 0 Å². The molecule has 1 N–H and O–H groups in total. The third-order valence-electron chi connectivity index (χ3n) is 2.86. The van der Waals surface area contributed by atoms with E-state index in [2.05, 4.69) is 5.32 Å². The Morgan fingerprint density at radius 1 is 1.59 bits per heavy atom. The van der Waals surface area contributed by atoms with Gasteiger partial charge in [0.25, 0.3) is 5.92 Å². The van der Waals surface area contributed by atoms with Gasteiger partial charge >= 0.3 is 6.09 Å². The Morgan fingerprint density at radius 2 is 2.24 bits per heavy atom. The van der Waals surface area contributed by atoms with Gasteiger partial charge in [0, 0.05) is 25.6 Å². The summed E-state index contributed by atoms with van der Waals surface area (Å²) in [6, 6.07) is 0.0753. The minimum Gasteiger partial charge on any atom is -0.440 e. The number of carbonyl (C=O) groups is 1. The van der Waals surface area contributed by atoms with Gasteiger partial charge in [-0.25, -0.2) is 13.6 Å². The van der Waals surface area contributed by atoms with E-state index < -0.39 is 18.1 Å². The van der Waals surface area contributed by atoms with Gasteiger partial charge in [-0.15, -0.1) is 0 Å². The zero-order valence-electron chi connectivity index (χ0n) is 10.5. The summed E-state index contributed by atoms with van der Waals surface area (Å²) in [6.45, 7) is 6.00. The van der Waals surface area contributed by atoms with E-state index in [9.17, 15) is 13.6 Å². The Bertz CT molecular complexity index is 272. The second-order valence-corrected chi connectivity index (χ2v) is 4.54. The van der Waals surface area contributed by atoms with Crippen molar-refractivity contribution in [1.82, 2.24) is 10.2 Å². The van der Waals surface area contributed by atoms with Crippen LogP contribution in [-0.4, -0.2) is 48.7 Å². The van der Waals surface area contributed by atoms with Crippen molar-refractivity contribution in [1.29, 1.82) is 0 Å². The molecule has 6 heteroatoms. The molecule has 1 heterocycles. The molecule has 17 heavy (non-hydrogen) atoms. The molecule has 1 aliphatic heterocycles. The summed E-state index contributed by atoms with van der Waals surface area (Å²) >= 11 is 0. The van der Waals surface area contributed by atoms with Crippen molar-refractivity contribution < 1.29 is 18.3 Å². The number of hydrogen-bond acceptors (Lipinski definition) is 3. The molecule has 1 saturated heterocycles. The number of halogens is 2. The number of nitrogens with zero attached hydrogens (tertiary/aromatic N) is 1. The fourth-order valence-electron chi connectivity index (χ4n) is 1.85. The molecule has 100 valence electrons. The standard InChI is InChI=1S/C11H20F2N2O2/c1-4-14-10(16)17-9-5-6-15(8(2)3)7-11(9,12)13/h8-9H,4-7H2,1-3H3,(H,14,16). The summed E-state index contributed by atoms with van der Waals surface area (Å²) in [5.41, 5.74) is 0. The van der Waals surface area contributed by atoms with E-state index in [-0.39, 0.29) is 19.0 Å². The van der Waals surface area contributed by atoms with Crippen LogP contribution in [0.3, 0.4) is 0 Å². The van der Waals surface area contributed by atoms with Crippen molar-refractivity contribution in [2.75, 3.05) is 19.6 Å². The molecule has 0 saturated carbocycles. The maximum absolute atomic E-state index is 13.7. The summed E-state index contributed by atoms with van der Waals surface area (Å²) in [6.07, 6.45) is -1.92. The lowest BCUT2D eigenvalue weighted by Gasteiger charge is -2.39. The largest absolute Gasteiger partial charge is 0.440 e. The second-order valence-electron chi connectivity index (χ2n) is 4.54. The molecular formula is C11H20F2N2O2. The highest BCUT2D eigenvalue weighted by atomic mass is 19.3. The van der Waals surface area contributed by atoms with Gasteiger partial charge in [0.1, 0.15) is 0 Å². The van der Waals surface area contributed by atoms with Crippen molar-refractivity contribution in [3.05, 3.63) is 0 Å². The lowest BCUT2D eigenvalue weighted by Crippen LogP contribution is -2.55. The molecule has 0 aromatic carbocycles. The zero-order chi connectivity index (χ0) is 13.1. The number of ether oxygens (including phenoxy) is 1. The third-order valence-corrected chi connectivity index (χ3v) is 2.86. The first-order valence-electron chi connectivity index (χ1n) is 5.93. The van der Waals surface area contributed by atoms with Crippen LogP contribution in [0.1, 0.15) is 27.2 Å². The first-order valence-corrected chi connectivity index (χ1v) is 5.93. The summed E-state index contributed by atoms with van der Waals surface area (Å²) in [4.78, 5) is 12.8. The molecule has 1 aliphatic rings. The predicted octanol–water partition coefficient (Wildman–Crippen LogP) is 1.85. The average molecular weight is 250 g/mol. The van der Waals surface area contributed by atoms with Gasteiger partial charge in [0.2, 0.25) is 0 Å². The highest BCUT2D eigenvalue weighted by Crippen LogP contribution is 2.30. The Morgan fingerprint density at radius 3 is 2.71 bits per heavy atom. The number of alkyl halides is 2.